The van der Waals surface area contributed by atoms with Gasteiger partial charge < -0.3 is 10.4 Å². The third kappa shape index (κ3) is 5.56. The average Bonchev–Trinajstić information content (AvgIpc) is 3.23. The van der Waals surface area contributed by atoms with Crippen LogP contribution >= 0.6 is 22.9 Å². The van der Waals surface area contributed by atoms with E-state index in [9.17, 15) is 14.7 Å². The normalized spacial score (nSPS) is 11.5. The van der Waals surface area contributed by atoms with Crippen LogP contribution in [0, 0.1) is 6.92 Å². The number of aryl methyl sites for hydroxylation is 1. The first kappa shape index (κ1) is 21.3. The first-order valence-electron chi connectivity index (χ1n) is 8.88. The van der Waals surface area contributed by atoms with E-state index in [-0.39, 0.29) is 22.0 Å². The van der Waals surface area contributed by atoms with Crippen molar-refractivity contribution in [3.63, 3.8) is 0 Å². The lowest BCUT2D eigenvalue weighted by molar-refractivity contribution is -0.117. The molecule has 0 fully saturated rings. The second kappa shape index (κ2) is 9.87. The number of nitrogens with zero attached hydrogens (tertiary/aromatic N) is 1. The van der Waals surface area contributed by atoms with Crippen molar-refractivity contribution in [3.05, 3.63) is 92.3 Å². The molecule has 0 unspecified atom stereocenters. The fourth-order valence-electron chi connectivity index (χ4n) is 2.51. The number of halogens is 1. The molecule has 0 saturated carbocycles. The third-order valence-electron chi connectivity index (χ3n) is 3.99. The summed E-state index contributed by atoms with van der Waals surface area (Å²) >= 11 is 7.49. The van der Waals surface area contributed by atoms with Crippen LogP contribution in [0.3, 0.4) is 0 Å². The Morgan fingerprint density at radius 2 is 1.93 bits per heavy atom. The standard InChI is InChI=1S/C22H18ClN3O3S/c1-14-8-9-20(27)15(11-14)13-24-26-22(29)19(12-16-5-4-10-30-16)25-21(28)17-6-2-3-7-18(17)23/h2-13,27H,1H3,(H,25,28)(H,26,29)/b19-12-,24-13+. The van der Waals surface area contributed by atoms with Gasteiger partial charge in [-0.1, -0.05) is 41.4 Å². The molecule has 8 heteroatoms. The minimum absolute atomic E-state index is 0.00739. The van der Waals surface area contributed by atoms with Crippen LogP contribution in [0.2, 0.25) is 5.02 Å². The van der Waals surface area contributed by atoms with Crippen LogP contribution in [-0.4, -0.2) is 23.1 Å². The van der Waals surface area contributed by atoms with Crippen molar-refractivity contribution in [1.82, 2.24) is 10.7 Å². The first-order chi connectivity index (χ1) is 14.4. The molecular weight excluding hydrogens is 422 g/mol. The minimum atomic E-state index is -0.618. The Morgan fingerprint density at radius 3 is 2.67 bits per heavy atom. The molecule has 1 heterocycles. The van der Waals surface area contributed by atoms with E-state index >= 15 is 0 Å². The number of hydrogen-bond acceptors (Lipinski definition) is 5. The number of aromatic hydroxyl groups is 1. The van der Waals surface area contributed by atoms with Crippen molar-refractivity contribution in [2.75, 3.05) is 0 Å². The van der Waals surface area contributed by atoms with Gasteiger partial charge in [0.2, 0.25) is 0 Å². The molecule has 152 valence electrons. The van der Waals surface area contributed by atoms with Gasteiger partial charge in [-0.2, -0.15) is 5.10 Å². The van der Waals surface area contributed by atoms with E-state index < -0.39 is 11.8 Å². The highest BCUT2D eigenvalue weighted by Crippen LogP contribution is 2.17. The maximum absolute atomic E-state index is 12.7. The number of carbonyl (C=O) groups excluding carboxylic acids is 2. The second-order valence-electron chi connectivity index (χ2n) is 6.27. The van der Waals surface area contributed by atoms with Crippen LogP contribution < -0.4 is 10.7 Å². The summed E-state index contributed by atoms with van der Waals surface area (Å²) in [6.07, 6.45) is 2.88. The number of phenolic OH excluding ortho intramolecular Hbond substituents is 1. The van der Waals surface area contributed by atoms with Crippen molar-refractivity contribution in [2.24, 2.45) is 5.10 Å². The van der Waals surface area contributed by atoms with E-state index in [4.69, 9.17) is 11.6 Å². The van der Waals surface area contributed by atoms with E-state index in [1.807, 2.05) is 24.4 Å². The quantitative estimate of drug-likeness (QED) is 0.303. The van der Waals surface area contributed by atoms with E-state index in [0.29, 0.717) is 5.56 Å². The first-order valence-corrected chi connectivity index (χ1v) is 10.1. The molecule has 0 bridgehead atoms. The van der Waals surface area contributed by atoms with Crippen LogP contribution in [0.25, 0.3) is 6.08 Å². The zero-order valence-corrected chi connectivity index (χ0v) is 17.5. The van der Waals surface area contributed by atoms with Crippen LogP contribution in [0.1, 0.15) is 26.4 Å². The SMILES string of the molecule is Cc1ccc(O)c(/C=N/NC(=O)/C(=C/c2cccs2)NC(=O)c2ccccc2Cl)c1. The van der Waals surface area contributed by atoms with Crippen molar-refractivity contribution in [2.45, 2.75) is 6.92 Å². The molecule has 0 spiro atoms. The summed E-state index contributed by atoms with van der Waals surface area (Å²) in [5.74, 6) is -1.09. The molecule has 0 aliphatic heterocycles. The predicted molar refractivity (Wildman–Crippen MR) is 120 cm³/mol. The molecular formula is C22H18ClN3O3S. The minimum Gasteiger partial charge on any atom is -0.507 e. The molecule has 0 atom stereocenters. The zero-order chi connectivity index (χ0) is 21.5. The summed E-state index contributed by atoms with van der Waals surface area (Å²) in [7, 11) is 0. The van der Waals surface area contributed by atoms with E-state index in [2.05, 4.69) is 15.8 Å². The van der Waals surface area contributed by atoms with Crippen LogP contribution in [-0.2, 0) is 4.79 Å². The number of hydrazone groups is 1. The van der Waals surface area contributed by atoms with Crippen molar-refractivity contribution < 1.29 is 14.7 Å². The fraction of sp³-hybridized carbons (Fsp3) is 0.0455. The Morgan fingerprint density at radius 1 is 1.13 bits per heavy atom. The smallest absolute Gasteiger partial charge is 0.287 e. The van der Waals surface area contributed by atoms with E-state index in [1.165, 1.54) is 17.6 Å². The van der Waals surface area contributed by atoms with Gasteiger partial charge in [0, 0.05) is 10.4 Å². The molecule has 30 heavy (non-hydrogen) atoms. The number of carbonyl (C=O) groups is 2. The van der Waals surface area contributed by atoms with Gasteiger partial charge in [0.15, 0.2) is 0 Å². The Balaban J connectivity index is 1.79. The molecule has 0 aliphatic rings. The Kier molecular flexibility index (Phi) is 7.00. The third-order valence-corrected chi connectivity index (χ3v) is 5.14. The van der Waals surface area contributed by atoms with Crippen LogP contribution in [0.15, 0.2) is 70.8 Å². The topological polar surface area (TPSA) is 90.8 Å². The van der Waals surface area contributed by atoms with Crippen LogP contribution in [0.4, 0.5) is 0 Å². The van der Waals surface area contributed by atoms with Gasteiger partial charge in [-0.15, -0.1) is 11.3 Å². The van der Waals surface area contributed by atoms with Gasteiger partial charge >= 0.3 is 0 Å². The molecule has 0 aliphatic carbocycles. The summed E-state index contributed by atoms with van der Waals surface area (Å²) in [5, 5.41) is 18.5. The van der Waals surface area contributed by atoms with Gasteiger partial charge in [0.25, 0.3) is 11.8 Å². The molecule has 3 aromatic rings. The number of rotatable bonds is 6. The summed E-state index contributed by atoms with van der Waals surface area (Å²) < 4.78 is 0. The molecule has 1 aromatic heterocycles. The summed E-state index contributed by atoms with van der Waals surface area (Å²) in [5.41, 5.74) is 4.02. The van der Waals surface area contributed by atoms with Gasteiger partial charge in [-0.05, 0) is 48.7 Å². The molecule has 2 amide bonds. The maximum atomic E-state index is 12.7. The lowest BCUT2D eigenvalue weighted by Gasteiger charge is -2.09. The highest BCUT2D eigenvalue weighted by Gasteiger charge is 2.16. The molecule has 3 N–H and O–H groups in total. The average molecular weight is 440 g/mol. The summed E-state index contributed by atoms with van der Waals surface area (Å²) in [6, 6.07) is 15.2. The molecule has 3 rings (SSSR count). The van der Waals surface area contributed by atoms with Gasteiger partial charge in [-0.25, -0.2) is 5.43 Å². The van der Waals surface area contributed by atoms with E-state index in [1.54, 1.807) is 48.5 Å². The van der Waals surface area contributed by atoms with Crippen LogP contribution in [0.5, 0.6) is 5.75 Å². The highest BCUT2D eigenvalue weighted by molar-refractivity contribution is 7.10. The Hall–Kier alpha value is -3.42. The summed E-state index contributed by atoms with van der Waals surface area (Å²) in [4.78, 5) is 26.0. The Bertz CT molecular complexity index is 1120. The molecule has 6 nitrogen and oxygen atoms in total. The number of amides is 2. The second-order valence-corrected chi connectivity index (χ2v) is 7.66. The fourth-order valence-corrected chi connectivity index (χ4v) is 3.39. The lowest BCUT2D eigenvalue weighted by atomic mass is 10.1. The Labute approximate surface area is 182 Å². The maximum Gasteiger partial charge on any atom is 0.287 e. The predicted octanol–water partition coefficient (Wildman–Crippen LogP) is 4.34. The number of nitrogens with one attached hydrogen (secondary N) is 2. The number of hydrogen-bond donors (Lipinski definition) is 3. The number of thiophene rings is 1. The monoisotopic (exact) mass is 439 g/mol. The van der Waals surface area contributed by atoms with Gasteiger partial charge in [-0.3, -0.25) is 9.59 Å². The van der Waals surface area contributed by atoms with Crippen molar-refractivity contribution >= 4 is 47.0 Å². The molecule has 0 saturated heterocycles. The number of benzene rings is 2. The van der Waals surface area contributed by atoms with Crippen molar-refractivity contribution in [1.29, 1.82) is 0 Å². The molecule has 2 aromatic carbocycles. The van der Waals surface area contributed by atoms with Gasteiger partial charge in [0.05, 0.1) is 16.8 Å². The zero-order valence-electron chi connectivity index (χ0n) is 15.9. The number of phenols is 1. The molecule has 0 radical (unpaired) electrons. The van der Waals surface area contributed by atoms with Crippen molar-refractivity contribution in [3.8, 4) is 5.75 Å². The van der Waals surface area contributed by atoms with E-state index in [0.717, 1.165) is 10.4 Å². The lowest BCUT2D eigenvalue weighted by Crippen LogP contribution is -2.33. The largest absolute Gasteiger partial charge is 0.507 e. The van der Waals surface area contributed by atoms with Gasteiger partial charge in [0.1, 0.15) is 11.4 Å². The summed E-state index contributed by atoms with van der Waals surface area (Å²) in [6.45, 7) is 1.88. The highest BCUT2D eigenvalue weighted by atomic mass is 35.5.